The zero-order valence-corrected chi connectivity index (χ0v) is 19.5. The van der Waals surface area contributed by atoms with Gasteiger partial charge in [-0.05, 0) is 44.6 Å². The highest BCUT2D eigenvalue weighted by molar-refractivity contribution is 7.91. The van der Waals surface area contributed by atoms with Gasteiger partial charge in [0, 0.05) is 13.1 Å². The zero-order valence-electron chi connectivity index (χ0n) is 18.7. The highest BCUT2D eigenvalue weighted by atomic mass is 32.2. The number of likely N-dealkylation sites (N-methyl/N-ethyl adjacent to an activating group) is 1. The fourth-order valence-electron chi connectivity index (χ4n) is 4.31. The molecule has 1 fully saturated rings. The van der Waals surface area contributed by atoms with Crippen molar-refractivity contribution in [3.05, 3.63) is 36.0 Å². The lowest BCUT2D eigenvalue weighted by Crippen LogP contribution is -2.35. The van der Waals surface area contributed by atoms with Gasteiger partial charge in [0.05, 0.1) is 29.3 Å². The fourth-order valence-corrected chi connectivity index (χ4v) is 6.01. The summed E-state index contributed by atoms with van der Waals surface area (Å²) in [6.45, 7) is 9.07. The Labute approximate surface area is 187 Å². The molecular weight excluding hydrogens is 430 g/mol. The number of amides is 1. The summed E-state index contributed by atoms with van der Waals surface area (Å²) in [6, 6.07) is 5.16. The zero-order chi connectivity index (χ0) is 22.9. The lowest BCUT2D eigenvalue weighted by Gasteiger charge is -2.18. The predicted octanol–water partition coefficient (Wildman–Crippen LogP) is 2.43. The van der Waals surface area contributed by atoms with Crippen LogP contribution in [0.1, 0.15) is 42.6 Å². The standard InChI is InChI=1S/C22H29N5O4S/c1-4-26(5-2)10-9-23-22(28)21-20-18(13-17(25-21)19-7-6-11-31-19)27(15(3)24-20)16-8-12-32(29,30)14-16/h6-7,11,13,16H,4-5,8-10,12,14H2,1-3H3,(H,23,28). The number of sulfone groups is 1. The van der Waals surface area contributed by atoms with Gasteiger partial charge < -0.3 is 19.2 Å². The number of carbonyl (C=O) groups is 1. The molecule has 1 unspecified atom stereocenters. The molecule has 0 bridgehead atoms. The predicted molar refractivity (Wildman–Crippen MR) is 122 cm³/mol. The number of carbonyl (C=O) groups excluding carboxylic acids is 1. The van der Waals surface area contributed by atoms with Crippen molar-refractivity contribution in [3.63, 3.8) is 0 Å². The number of aromatic nitrogens is 3. The van der Waals surface area contributed by atoms with E-state index in [2.05, 4.69) is 34.0 Å². The summed E-state index contributed by atoms with van der Waals surface area (Å²) in [7, 11) is -3.08. The summed E-state index contributed by atoms with van der Waals surface area (Å²) < 4.78 is 31.7. The molecule has 3 aromatic rings. The number of furan rings is 1. The van der Waals surface area contributed by atoms with Crippen LogP contribution in [-0.4, -0.2) is 71.4 Å². The van der Waals surface area contributed by atoms with Crippen molar-refractivity contribution in [2.75, 3.05) is 37.7 Å². The van der Waals surface area contributed by atoms with Crippen molar-refractivity contribution in [2.24, 2.45) is 0 Å². The maximum atomic E-state index is 13.1. The second-order valence-electron chi connectivity index (χ2n) is 8.07. The number of imidazole rings is 1. The largest absolute Gasteiger partial charge is 0.463 e. The van der Waals surface area contributed by atoms with Crippen LogP contribution in [0.5, 0.6) is 0 Å². The Kier molecular flexibility index (Phi) is 6.34. The fraction of sp³-hybridized carbons (Fsp3) is 0.500. The minimum Gasteiger partial charge on any atom is -0.463 e. The van der Waals surface area contributed by atoms with E-state index in [1.165, 1.54) is 0 Å². The van der Waals surface area contributed by atoms with E-state index in [0.29, 0.717) is 41.3 Å². The van der Waals surface area contributed by atoms with Gasteiger partial charge in [-0.25, -0.2) is 18.4 Å². The minimum absolute atomic E-state index is 0.0725. The van der Waals surface area contributed by atoms with Crippen molar-refractivity contribution < 1.29 is 17.6 Å². The first-order chi connectivity index (χ1) is 15.3. The van der Waals surface area contributed by atoms with Gasteiger partial charge in [-0.2, -0.15) is 0 Å². The smallest absolute Gasteiger partial charge is 0.272 e. The number of hydrogen-bond acceptors (Lipinski definition) is 7. The topological polar surface area (TPSA) is 110 Å². The summed E-state index contributed by atoms with van der Waals surface area (Å²) in [4.78, 5) is 24.5. The van der Waals surface area contributed by atoms with E-state index in [4.69, 9.17) is 4.42 Å². The maximum Gasteiger partial charge on any atom is 0.272 e. The molecule has 1 aliphatic heterocycles. The molecule has 1 amide bonds. The van der Waals surface area contributed by atoms with Gasteiger partial charge in [0.15, 0.2) is 21.3 Å². The number of fused-ring (bicyclic) bond motifs is 1. The molecular formula is C22H29N5O4S. The van der Waals surface area contributed by atoms with Crippen molar-refractivity contribution in [1.82, 2.24) is 24.8 Å². The normalized spacial score (nSPS) is 17.9. The van der Waals surface area contributed by atoms with E-state index < -0.39 is 9.84 Å². The Morgan fingerprint density at radius 2 is 2.09 bits per heavy atom. The van der Waals surface area contributed by atoms with Gasteiger partial charge in [-0.3, -0.25) is 4.79 Å². The van der Waals surface area contributed by atoms with Crippen molar-refractivity contribution in [3.8, 4) is 11.5 Å². The first kappa shape index (κ1) is 22.5. The molecule has 0 spiro atoms. The number of hydrogen-bond donors (Lipinski definition) is 1. The molecule has 0 radical (unpaired) electrons. The average Bonchev–Trinajstić information content (AvgIpc) is 3.48. The molecule has 9 nitrogen and oxygen atoms in total. The Bertz CT molecular complexity index is 1210. The third kappa shape index (κ3) is 4.42. The van der Waals surface area contributed by atoms with Crippen molar-refractivity contribution in [1.29, 1.82) is 0 Å². The molecule has 32 heavy (non-hydrogen) atoms. The summed E-state index contributed by atoms with van der Waals surface area (Å²) >= 11 is 0. The molecule has 1 N–H and O–H groups in total. The van der Waals surface area contributed by atoms with E-state index in [1.54, 1.807) is 18.4 Å². The SMILES string of the molecule is CCN(CC)CCNC(=O)c1nc(-c2ccco2)cc2c1nc(C)n2C1CCS(=O)(=O)C1. The molecule has 0 aromatic carbocycles. The van der Waals surface area contributed by atoms with E-state index in [0.717, 1.165) is 19.6 Å². The molecule has 172 valence electrons. The lowest BCUT2D eigenvalue weighted by atomic mass is 10.2. The lowest BCUT2D eigenvalue weighted by molar-refractivity contribution is 0.0945. The van der Waals surface area contributed by atoms with Crippen molar-refractivity contribution >= 4 is 26.8 Å². The van der Waals surface area contributed by atoms with Crippen LogP contribution in [-0.2, 0) is 9.84 Å². The number of pyridine rings is 1. The van der Waals surface area contributed by atoms with E-state index >= 15 is 0 Å². The van der Waals surface area contributed by atoms with Gasteiger partial charge >= 0.3 is 0 Å². The average molecular weight is 460 g/mol. The van der Waals surface area contributed by atoms with Crippen LogP contribution in [0.2, 0.25) is 0 Å². The second-order valence-corrected chi connectivity index (χ2v) is 10.3. The Hall–Kier alpha value is -2.72. The van der Waals surface area contributed by atoms with E-state index in [-0.39, 0.29) is 29.1 Å². The third-order valence-corrected chi connectivity index (χ3v) is 7.78. The molecule has 1 aliphatic rings. The summed E-state index contributed by atoms with van der Waals surface area (Å²) in [5.74, 6) is 1.12. The first-order valence-electron chi connectivity index (χ1n) is 11.0. The minimum atomic E-state index is -3.08. The first-order valence-corrected chi connectivity index (χ1v) is 12.8. The number of nitrogens with zero attached hydrogens (tertiary/aromatic N) is 4. The van der Waals surface area contributed by atoms with Crippen LogP contribution in [0, 0.1) is 6.92 Å². The number of aryl methyl sites for hydroxylation is 1. The Morgan fingerprint density at radius 1 is 1.31 bits per heavy atom. The molecule has 1 saturated heterocycles. The highest BCUT2D eigenvalue weighted by Gasteiger charge is 2.32. The molecule has 0 aliphatic carbocycles. The third-order valence-electron chi connectivity index (χ3n) is 6.02. The molecule has 3 aromatic heterocycles. The van der Waals surface area contributed by atoms with Gasteiger partial charge in [0.2, 0.25) is 0 Å². The maximum absolute atomic E-state index is 13.1. The van der Waals surface area contributed by atoms with Crippen LogP contribution in [0.3, 0.4) is 0 Å². The van der Waals surface area contributed by atoms with Gasteiger partial charge in [-0.15, -0.1) is 0 Å². The number of nitrogens with one attached hydrogen (secondary N) is 1. The van der Waals surface area contributed by atoms with Crippen molar-refractivity contribution in [2.45, 2.75) is 33.2 Å². The number of rotatable bonds is 8. The van der Waals surface area contributed by atoms with Crippen LogP contribution < -0.4 is 5.32 Å². The Morgan fingerprint density at radius 3 is 2.72 bits per heavy atom. The molecule has 4 rings (SSSR count). The highest BCUT2D eigenvalue weighted by Crippen LogP contribution is 2.32. The molecule has 10 heteroatoms. The van der Waals surface area contributed by atoms with Gasteiger partial charge in [-0.1, -0.05) is 13.8 Å². The van der Waals surface area contributed by atoms with E-state index in [9.17, 15) is 13.2 Å². The molecule has 0 saturated carbocycles. The summed E-state index contributed by atoms with van der Waals surface area (Å²) in [6.07, 6.45) is 2.08. The second kappa shape index (κ2) is 9.03. The van der Waals surface area contributed by atoms with Crippen LogP contribution >= 0.6 is 0 Å². The summed E-state index contributed by atoms with van der Waals surface area (Å²) in [5.41, 5.74) is 1.90. The van der Waals surface area contributed by atoms with E-state index in [1.807, 2.05) is 17.6 Å². The molecule has 4 heterocycles. The van der Waals surface area contributed by atoms with Crippen LogP contribution in [0.15, 0.2) is 28.9 Å². The Balaban J connectivity index is 1.75. The van der Waals surface area contributed by atoms with Crippen LogP contribution in [0.4, 0.5) is 0 Å². The quantitative estimate of drug-likeness (QED) is 0.551. The van der Waals surface area contributed by atoms with Gasteiger partial charge in [0.25, 0.3) is 5.91 Å². The summed E-state index contributed by atoms with van der Waals surface area (Å²) in [5, 5.41) is 2.96. The molecule has 1 atom stereocenters. The van der Waals surface area contributed by atoms with Crippen LogP contribution in [0.25, 0.3) is 22.5 Å². The monoisotopic (exact) mass is 459 g/mol. The van der Waals surface area contributed by atoms with Gasteiger partial charge in [0.1, 0.15) is 17.0 Å².